The van der Waals surface area contributed by atoms with Crippen molar-refractivity contribution in [3.05, 3.63) is 174 Å². The van der Waals surface area contributed by atoms with Crippen molar-refractivity contribution >= 4 is 32.8 Å². The molecule has 4 heterocycles. The summed E-state index contributed by atoms with van der Waals surface area (Å²) in [5.74, 6) is 0. The molecule has 4 nitrogen and oxygen atoms in total. The third-order valence-electron chi connectivity index (χ3n) is 9.55. The fourth-order valence-electron chi connectivity index (χ4n) is 6.85. The number of aryl methyl sites for hydroxylation is 5. The van der Waals surface area contributed by atoms with Crippen LogP contribution in [-0.4, -0.2) is 15.0 Å². The smallest absolute Gasteiger partial charge is 0.216 e. The Kier molecular flexibility index (Phi) is 10.1. The van der Waals surface area contributed by atoms with Gasteiger partial charge in [0.05, 0.1) is 5.58 Å². The summed E-state index contributed by atoms with van der Waals surface area (Å²) in [5, 5.41) is 4.51. The summed E-state index contributed by atoms with van der Waals surface area (Å²) in [7, 11) is 0. The number of pyridine rings is 3. The minimum absolute atomic E-state index is 0. The average Bonchev–Trinajstić information content (AvgIpc) is 3.54. The second-order valence-corrected chi connectivity index (χ2v) is 13.4. The van der Waals surface area contributed by atoms with Gasteiger partial charge < -0.3 is 14.4 Å². The van der Waals surface area contributed by atoms with Crippen molar-refractivity contribution in [2.24, 2.45) is 0 Å². The van der Waals surface area contributed by atoms with E-state index in [1.807, 2.05) is 62.6 Å². The van der Waals surface area contributed by atoms with E-state index in [1.54, 1.807) is 0 Å². The van der Waals surface area contributed by atoms with Crippen molar-refractivity contribution in [3.8, 4) is 44.8 Å². The summed E-state index contributed by atoms with van der Waals surface area (Å²) >= 11 is 0. The Hall–Kier alpha value is -5.74. The van der Waals surface area contributed by atoms with E-state index < -0.39 is 0 Å². The Morgan fingerprint density at radius 1 is 0.566 bits per heavy atom. The zero-order chi connectivity index (χ0) is 35.8. The molecule has 0 spiro atoms. The molecule has 0 bridgehead atoms. The Morgan fingerprint density at radius 3 is 2.08 bits per heavy atom. The van der Waals surface area contributed by atoms with Gasteiger partial charge in [-0.2, -0.15) is 0 Å². The van der Waals surface area contributed by atoms with E-state index in [4.69, 9.17) is 9.40 Å². The second-order valence-electron chi connectivity index (χ2n) is 13.4. The van der Waals surface area contributed by atoms with Gasteiger partial charge in [0, 0.05) is 43.6 Å². The topological polar surface area (TPSA) is 51.8 Å². The van der Waals surface area contributed by atoms with Crippen molar-refractivity contribution in [3.63, 3.8) is 0 Å². The van der Waals surface area contributed by atoms with Crippen molar-refractivity contribution in [1.29, 1.82) is 0 Å². The molecule has 0 saturated heterocycles. The van der Waals surface area contributed by atoms with Gasteiger partial charge >= 0.3 is 0 Å². The SMILES string of the molecule is Cc1c[c-]c(-c2ccc(C)cn2)cc1.Cc1ccc2c(n1)oc1c(-c3cc(-c4c(C)cc(-c5ccccc5)c5ccccc45)c(C)cn3)[c-]ccc12.[Ir]. The van der Waals surface area contributed by atoms with E-state index in [9.17, 15) is 0 Å². The molecule has 4 aromatic heterocycles. The Labute approximate surface area is 324 Å². The number of nitrogens with zero attached hydrogens (tertiary/aromatic N) is 3. The number of aromatic nitrogens is 3. The zero-order valence-corrected chi connectivity index (χ0v) is 32.7. The van der Waals surface area contributed by atoms with Gasteiger partial charge in [-0.1, -0.05) is 96.7 Å². The van der Waals surface area contributed by atoms with Gasteiger partial charge in [-0.15, -0.1) is 53.6 Å². The number of hydrogen-bond acceptors (Lipinski definition) is 4. The fraction of sp³-hybridized carbons (Fsp3) is 0.104. The van der Waals surface area contributed by atoms with Crippen LogP contribution in [0.1, 0.15) is 27.9 Å². The van der Waals surface area contributed by atoms with E-state index >= 15 is 0 Å². The van der Waals surface area contributed by atoms with Gasteiger partial charge in [0.15, 0.2) is 0 Å². The van der Waals surface area contributed by atoms with Crippen LogP contribution in [0.5, 0.6) is 0 Å². The zero-order valence-electron chi connectivity index (χ0n) is 30.3. The van der Waals surface area contributed by atoms with E-state index in [1.165, 1.54) is 49.7 Å². The van der Waals surface area contributed by atoms with Crippen LogP contribution in [0.2, 0.25) is 0 Å². The van der Waals surface area contributed by atoms with E-state index in [-0.39, 0.29) is 20.1 Å². The Morgan fingerprint density at radius 2 is 1.32 bits per heavy atom. The second kappa shape index (κ2) is 15.1. The van der Waals surface area contributed by atoms with Gasteiger partial charge in [-0.25, -0.2) is 4.98 Å². The molecule has 0 aliphatic rings. The molecular weight excluding hydrogens is 827 g/mol. The van der Waals surface area contributed by atoms with Gasteiger partial charge in [-0.05, 0) is 101 Å². The van der Waals surface area contributed by atoms with Crippen LogP contribution < -0.4 is 0 Å². The van der Waals surface area contributed by atoms with Crippen LogP contribution in [0.25, 0.3) is 77.6 Å². The molecule has 0 aliphatic carbocycles. The molecule has 0 atom stereocenters. The van der Waals surface area contributed by atoms with Crippen LogP contribution in [0.15, 0.2) is 138 Å². The maximum Gasteiger partial charge on any atom is 0.216 e. The predicted octanol–water partition coefficient (Wildman–Crippen LogP) is 12.4. The van der Waals surface area contributed by atoms with Crippen LogP contribution in [-0.2, 0) is 20.1 Å². The molecule has 5 heteroatoms. The van der Waals surface area contributed by atoms with Gasteiger partial charge in [-0.3, -0.25) is 0 Å². The summed E-state index contributed by atoms with van der Waals surface area (Å²) in [6, 6.07) is 48.7. The first-order valence-corrected chi connectivity index (χ1v) is 17.5. The van der Waals surface area contributed by atoms with E-state index in [0.717, 1.165) is 50.1 Å². The van der Waals surface area contributed by atoms with Gasteiger partial charge in [0.25, 0.3) is 0 Å². The summed E-state index contributed by atoms with van der Waals surface area (Å²) in [6.07, 6.45) is 3.84. The molecule has 0 unspecified atom stereocenters. The van der Waals surface area contributed by atoms with Crippen molar-refractivity contribution in [2.75, 3.05) is 0 Å². The standard InChI is InChI=1S/C35H25N2O.C13H12N.Ir/c1-21-18-31(24-10-5-4-6-11-24)25-12-7-8-13-26(25)33(21)30-19-32(36-20-22(30)2)29-15-9-14-27-28-17-16-23(3)37-35(28)38-34(27)29;1-10-3-6-12(7-4-10)13-8-5-11(2)9-14-13;/h4-14,16-20H,1-3H3;3-6,8-9H,1-2H3;/q2*-1;. The molecule has 9 aromatic rings. The number of fused-ring (bicyclic) bond motifs is 4. The summed E-state index contributed by atoms with van der Waals surface area (Å²) < 4.78 is 6.27. The van der Waals surface area contributed by atoms with Crippen molar-refractivity contribution in [2.45, 2.75) is 34.6 Å². The first kappa shape index (κ1) is 35.7. The molecule has 1 radical (unpaired) electrons. The van der Waals surface area contributed by atoms with Crippen LogP contribution in [0.4, 0.5) is 0 Å². The molecular formula is C48H37IrN3O-2. The third-order valence-corrected chi connectivity index (χ3v) is 9.55. The van der Waals surface area contributed by atoms with Crippen LogP contribution in [0.3, 0.4) is 0 Å². The Balaban J connectivity index is 0.000000245. The summed E-state index contributed by atoms with van der Waals surface area (Å²) in [6.45, 7) is 10.4. The number of hydrogen-bond donors (Lipinski definition) is 0. The largest absolute Gasteiger partial charge is 0.486 e. The average molecular weight is 864 g/mol. The van der Waals surface area contributed by atoms with Crippen molar-refractivity contribution in [1.82, 2.24) is 15.0 Å². The molecule has 0 saturated carbocycles. The third kappa shape index (κ3) is 7.06. The van der Waals surface area contributed by atoms with Crippen LogP contribution >= 0.6 is 0 Å². The molecule has 0 fully saturated rings. The molecule has 261 valence electrons. The minimum atomic E-state index is 0. The fourth-order valence-corrected chi connectivity index (χ4v) is 6.85. The maximum atomic E-state index is 6.27. The monoisotopic (exact) mass is 864 g/mol. The maximum absolute atomic E-state index is 6.27. The molecule has 5 aromatic carbocycles. The molecule has 53 heavy (non-hydrogen) atoms. The first-order chi connectivity index (χ1) is 25.3. The van der Waals surface area contributed by atoms with Crippen molar-refractivity contribution < 1.29 is 24.5 Å². The first-order valence-electron chi connectivity index (χ1n) is 17.5. The molecule has 9 rings (SSSR count). The minimum Gasteiger partial charge on any atom is -0.486 e. The number of furan rings is 1. The molecule has 0 amide bonds. The summed E-state index contributed by atoms with van der Waals surface area (Å²) in [5.41, 5.74) is 15.7. The quantitative estimate of drug-likeness (QED) is 0.165. The Bertz CT molecular complexity index is 2670. The van der Waals surface area contributed by atoms with E-state index in [2.05, 4.69) is 128 Å². The van der Waals surface area contributed by atoms with E-state index in [0.29, 0.717) is 5.71 Å². The number of benzene rings is 5. The number of rotatable bonds is 4. The molecule has 0 N–H and O–H groups in total. The van der Waals surface area contributed by atoms with Crippen LogP contribution in [0, 0.1) is 46.8 Å². The summed E-state index contributed by atoms with van der Waals surface area (Å²) in [4.78, 5) is 13.8. The van der Waals surface area contributed by atoms with Gasteiger partial charge in [0.1, 0.15) is 0 Å². The molecule has 0 aliphatic heterocycles. The normalized spacial score (nSPS) is 11.0. The van der Waals surface area contributed by atoms with Gasteiger partial charge in [0.2, 0.25) is 5.71 Å². The predicted molar refractivity (Wildman–Crippen MR) is 214 cm³/mol.